The first kappa shape index (κ1) is 19.0. The van der Waals surface area contributed by atoms with Gasteiger partial charge in [0.05, 0.1) is 23.9 Å². The number of nitrogens with one attached hydrogen (secondary N) is 1. The number of rotatable bonds is 6. The summed E-state index contributed by atoms with van der Waals surface area (Å²) in [5.41, 5.74) is 4.13. The maximum Gasteiger partial charge on any atom is 0.234 e. The first-order valence-corrected chi connectivity index (χ1v) is 10.1. The van der Waals surface area contributed by atoms with E-state index in [0.717, 1.165) is 38.8 Å². The third kappa shape index (κ3) is 4.55. The van der Waals surface area contributed by atoms with Gasteiger partial charge in [-0.3, -0.25) is 4.79 Å². The van der Waals surface area contributed by atoms with Gasteiger partial charge < -0.3 is 10.1 Å². The molecule has 0 atom stereocenters. The second-order valence-corrected chi connectivity index (χ2v) is 7.26. The third-order valence-corrected chi connectivity index (χ3v) is 5.26. The van der Waals surface area contributed by atoms with Crippen molar-refractivity contribution < 1.29 is 9.53 Å². The Hall–Kier alpha value is -3.38. The lowest BCUT2D eigenvalue weighted by atomic mass is 10.1. The van der Waals surface area contributed by atoms with Crippen molar-refractivity contribution in [1.29, 1.82) is 0 Å². The highest BCUT2D eigenvalue weighted by Gasteiger charge is 2.13. The number of carbonyl (C=O) groups excluding carboxylic acids is 1. The Kier molecular flexibility index (Phi) is 5.72. The van der Waals surface area contributed by atoms with Crippen LogP contribution in [0.15, 0.2) is 83.9 Å². The second kappa shape index (κ2) is 8.75. The number of thioether (sulfide) groups is 1. The summed E-state index contributed by atoms with van der Waals surface area (Å²) in [7, 11) is 1.61. The number of fused-ring (bicyclic) bond motifs is 1. The molecule has 0 saturated carbocycles. The van der Waals surface area contributed by atoms with Crippen LogP contribution in [0.1, 0.15) is 0 Å². The fraction of sp³-hybridized carbons (Fsp3) is 0.0870. The Morgan fingerprint density at radius 1 is 0.897 bits per heavy atom. The topological polar surface area (TPSA) is 64.1 Å². The minimum atomic E-state index is -0.103. The van der Waals surface area contributed by atoms with Crippen LogP contribution in [0.3, 0.4) is 0 Å². The maximum atomic E-state index is 12.4. The molecule has 0 unspecified atom stereocenters. The Labute approximate surface area is 173 Å². The van der Waals surface area contributed by atoms with Gasteiger partial charge in [0.1, 0.15) is 16.5 Å². The lowest BCUT2D eigenvalue weighted by molar-refractivity contribution is -0.113. The van der Waals surface area contributed by atoms with E-state index in [1.165, 1.54) is 11.8 Å². The lowest BCUT2D eigenvalue weighted by Crippen LogP contribution is -2.14. The van der Waals surface area contributed by atoms with Crippen LogP contribution in [0.5, 0.6) is 5.75 Å². The average molecular weight is 401 g/mol. The summed E-state index contributed by atoms with van der Waals surface area (Å²) in [5, 5.41) is 3.63. The van der Waals surface area contributed by atoms with Gasteiger partial charge in [-0.1, -0.05) is 54.2 Å². The normalized spacial score (nSPS) is 10.7. The molecule has 6 heteroatoms. The van der Waals surface area contributed by atoms with E-state index in [-0.39, 0.29) is 11.7 Å². The van der Waals surface area contributed by atoms with Crippen LogP contribution in [0.25, 0.3) is 22.3 Å². The molecule has 4 aromatic rings. The van der Waals surface area contributed by atoms with Crippen LogP contribution in [0.2, 0.25) is 0 Å². The molecule has 1 heterocycles. The Bertz CT molecular complexity index is 1130. The van der Waals surface area contributed by atoms with Crippen molar-refractivity contribution >= 4 is 34.4 Å². The van der Waals surface area contributed by atoms with E-state index in [9.17, 15) is 4.79 Å². The van der Waals surface area contributed by atoms with Crippen LogP contribution in [-0.2, 0) is 4.79 Å². The number of methoxy groups -OCH3 is 1. The Morgan fingerprint density at radius 2 is 1.55 bits per heavy atom. The summed E-state index contributed by atoms with van der Waals surface area (Å²) in [6, 6.07) is 24.9. The molecule has 29 heavy (non-hydrogen) atoms. The third-order valence-electron chi connectivity index (χ3n) is 4.30. The molecule has 0 spiro atoms. The first-order valence-electron chi connectivity index (χ1n) is 9.12. The molecule has 0 aliphatic rings. The van der Waals surface area contributed by atoms with E-state index in [1.807, 2.05) is 78.9 Å². The maximum absolute atomic E-state index is 12.4. The first-order chi connectivity index (χ1) is 14.2. The molecule has 0 fully saturated rings. The number of aromatic nitrogens is 2. The van der Waals surface area contributed by atoms with Gasteiger partial charge in [-0.2, -0.15) is 0 Å². The predicted octanol–water partition coefficient (Wildman–Crippen LogP) is 5.04. The Balaban J connectivity index is 1.55. The highest BCUT2D eigenvalue weighted by atomic mass is 32.2. The molecule has 1 amide bonds. The van der Waals surface area contributed by atoms with Crippen molar-refractivity contribution in [3.63, 3.8) is 0 Å². The van der Waals surface area contributed by atoms with Gasteiger partial charge in [0.2, 0.25) is 5.91 Å². The van der Waals surface area contributed by atoms with E-state index in [2.05, 4.69) is 5.32 Å². The molecule has 4 rings (SSSR count). The standard InChI is InChI=1S/C23H19N3O2S/c1-28-18-13-11-17(12-14-18)24-21(27)15-29-23-22(16-7-3-2-4-8-16)25-19-9-5-6-10-20(19)26-23/h2-14H,15H2,1H3,(H,24,27). The molecule has 0 bridgehead atoms. The number of benzene rings is 3. The quantitative estimate of drug-likeness (QED) is 0.459. The zero-order chi connectivity index (χ0) is 20.1. The Morgan fingerprint density at radius 3 is 2.24 bits per heavy atom. The van der Waals surface area contributed by atoms with Crippen molar-refractivity contribution in [2.24, 2.45) is 0 Å². The van der Waals surface area contributed by atoms with Crippen molar-refractivity contribution in [3.8, 4) is 17.0 Å². The largest absolute Gasteiger partial charge is 0.497 e. The highest BCUT2D eigenvalue weighted by Crippen LogP contribution is 2.30. The lowest BCUT2D eigenvalue weighted by Gasteiger charge is -2.10. The van der Waals surface area contributed by atoms with E-state index < -0.39 is 0 Å². The predicted molar refractivity (Wildman–Crippen MR) is 117 cm³/mol. The van der Waals surface area contributed by atoms with Crippen molar-refractivity contribution in [2.45, 2.75) is 5.03 Å². The fourth-order valence-electron chi connectivity index (χ4n) is 2.87. The number of carbonyl (C=O) groups is 1. The highest BCUT2D eigenvalue weighted by molar-refractivity contribution is 8.00. The number of para-hydroxylation sites is 2. The number of hydrogen-bond acceptors (Lipinski definition) is 5. The van der Waals surface area contributed by atoms with Crippen LogP contribution in [0, 0.1) is 0 Å². The fourth-order valence-corrected chi connectivity index (χ4v) is 3.68. The molecule has 3 aromatic carbocycles. The summed E-state index contributed by atoms with van der Waals surface area (Å²) in [4.78, 5) is 22.0. The monoisotopic (exact) mass is 401 g/mol. The van der Waals surface area contributed by atoms with E-state index >= 15 is 0 Å². The minimum absolute atomic E-state index is 0.103. The van der Waals surface area contributed by atoms with Crippen LogP contribution in [-0.4, -0.2) is 28.7 Å². The molecular weight excluding hydrogens is 382 g/mol. The van der Waals surface area contributed by atoms with E-state index in [0.29, 0.717) is 0 Å². The number of nitrogens with zero attached hydrogens (tertiary/aromatic N) is 2. The second-order valence-electron chi connectivity index (χ2n) is 6.30. The number of anilines is 1. The SMILES string of the molecule is COc1ccc(NC(=O)CSc2nc3ccccc3nc2-c2ccccc2)cc1. The molecule has 1 N–H and O–H groups in total. The zero-order valence-corrected chi connectivity index (χ0v) is 16.6. The minimum Gasteiger partial charge on any atom is -0.497 e. The van der Waals surface area contributed by atoms with Crippen molar-refractivity contribution in [1.82, 2.24) is 9.97 Å². The number of hydrogen-bond donors (Lipinski definition) is 1. The van der Waals surface area contributed by atoms with Gasteiger partial charge >= 0.3 is 0 Å². The summed E-state index contributed by atoms with van der Waals surface area (Å²) in [5.74, 6) is 0.879. The van der Waals surface area contributed by atoms with Crippen molar-refractivity contribution in [2.75, 3.05) is 18.2 Å². The summed E-state index contributed by atoms with van der Waals surface area (Å²) in [6.45, 7) is 0. The van der Waals surface area contributed by atoms with Gasteiger partial charge in [0.25, 0.3) is 0 Å². The molecular formula is C23H19N3O2S. The molecule has 5 nitrogen and oxygen atoms in total. The zero-order valence-electron chi connectivity index (χ0n) is 15.8. The van der Waals surface area contributed by atoms with Crippen molar-refractivity contribution in [3.05, 3.63) is 78.9 Å². The summed E-state index contributed by atoms with van der Waals surface area (Å²) < 4.78 is 5.14. The molecule has 0 aliphatic carbocycles. The molecule has 144 valence electrons. The smallest absolute Gasteiger partial charge is 0.234 e. The molecule has 0 aliphatic heterocycles. The van der Waals surface area contributed by atoms with E-state index in [4.69, 9.17) is 14.7 Å². The van der Waals surface area contributed by atoms with Gasteiger partial charge in [0.15, 0.2) is 0 Å². The van der Waals surface area contributed by atoms with Crippen LogP contribution < -0.4 is 10.1 Å². The van der Waals surface area contributed by atoms with Gasteiger partial charge in [0, 0.05) is 11.3 Å². The van der Waals surface area contributed by atoms with Gasteiger partial charge in [-0.25, -0.2) is 9.97 Å². The average Bonchev–Trinajstić information content (AvgIpc) is 2.78. The molecule has 0 radical (unpaired) electrons. The van der Waals surface area contributed by atoms with E-state index in [1.54, 1.807) is 7.11 Å². The van der Waals surface area contributed by atoms with Crippen LogP contribution >= 0.6 is 11.8 Å². The number of amides is 1. The van der Waals surface area contributed by atoms with Gasteiger partial charge in [-0.15, -0.1) is 0 Å². The van der Waals surface area contributed by atoms with Crippen LogP contribution in [0.4, 0.5) is 5.69 Å². The molecule has 0 saturated heterocycles. The molecule has 1 aromatic heterocycles. The van der Waals surface area contributed by atoms with Gasteiger partial charge in [-0.05, 0) is 36.4 Å². The summed E-state index contributed by atoms with van der Waals surface area (Å²) in [6.07, 6.45) is 0. The number of ether oxygens (including phenoxy) is 1. The summed E-state index contributed by atoms with van der Waals surface area (Å²) >= 11 is 1.38.